The number of ketones is 2. The molecular weight excluding hydrogens is 441 g/mol. The number of hydrogen-bond donors (Lipinski definition) is 0. The Kier molecular flexibility index (Phi) is 5.86. The van der Waals surface area contributed by atoms with Crippen LogP contribution >= 0.6 is 0 Å². The lowest BCUT2D eigenvalue weighted by molar-refractivity contribution is -0.137. The quantitative estimate of drug-likeness (QED) is 0.419. The number of benzene rings is 1. The van der Waals surface area contributed by atoms with Crippen LogP contribution in [0.15, 0.2) is 23.0 Å². The average Bonchev–Trinajstić information content (AvgIpc) is 3.67. The molecule has 33 heavy (non-hydrogen) atoms. The molecule has 0 spiro atoms. The summed E-state index contributed by atoms with van der Waals surface area (Å²) in [5, 5.41) is 13.5. The molecule has 0 radical (unpaired) electrons. The molecule has 0 aliphatic heterocycles. The van der Waals surface area contributed by atoms with Crippen molar-refractivity contribution in [3.8, 4) is 12.1 Å². The first-order valence-electron chi connectivity index (χ1n) is 10.7. The molecule has 1 heterocycles. The van der Waals surface area contributed by atoms with Crippen molar-refractivity contribution in [1.82, 2.24) is 14.3 Å². The van der Waals surface area contributed by atoms with Crippen LogP contribution in [-0.4, -0.2) is 32.5 Å². The maximum Gasteiger partial charge on any atom is 0.416 e. The fourth-order valence-corrected chi connectivity index (χ4v) is 3.69. The lowest BCUT2D eigenvalue weighted by Gasteiger charge is -2.14. The number of carbonyl (C=O) groups is 2. The molecule has 8 nitrogen and oxygen atoms in total. The lowest BCUT2D eigenvalue weighted by Crippen LogP contribution is -2.28. The summed E-state index contributed by atoms with van der Waals surface area (Å²) < 4.78 is 47.8. The molecule has 2 aromatic rings. The van der Waals surface area contributed by atoms with Gasteiger partial charge in [0.2, 0.25) is 0 Å². The highest BCUT2D eigenvalue weighted by molar-refractivity contribution is 6.14. The van der Waals surface area contributed by atoms with Gasteiger partial charge < -0.3 is 4.74 Å². The number of carbonyl (C=O) groups excluding carboxylic acids is 2. The molecule has 1 aromatic heterocycles. The van der Waals surface area contributed by atoms with Gasteiger partial charge in [-0.2, -0.15) is 18.4 Å². The minimum atomic E-state index is -4.69. The van der Waals surface area contributed by atoms with Crippen molar-refractivity contribution >= 4 is 11.6 Å². The molecule has 2 fully saturated rings. The van der Waals surface area contributed by atoms with E-state index in [0.717, 1.165) is 35.7 Å². The zero-order valence-electron chi connectivity index (χ0n) is 17.8. The average molecular weight is 462 g/mol. The summed E-state index contributed by atoms with van der Waals surface area (Å²) in [6.45, 7) is 1.51. The van der Waals surface area contributed by atoms with Crippen LogP contribution in [0.4, 0.5) is 13.2 Å². The molecule has 0 saturated heterocycles. The summed E-state index contributed by atoms with van der Waals surface area (Å²) in [7, 11) is 0. The van der Waals surface area contributed by atoms with Gasteiger partial charge in [-0.05, 0) is 50.3 Å². The number of nitriles is 1. The molecule has 174 valence electrons. The number of ether oxygens (including phenoxy) is 1. The van der Waals surface area contributed by atoms with Crippen LogP contribution in [0.3, 0.4) is 0 Å². The van der Waals surface area contributed by atoms with E-state index in [-0.39, 0.29) is 35.7 Å². The number of rotatable bonds is 9. The van der Waals surface area contributed by atoms with Gasteiger partial charge in [0.05, 0.1) is 24.8 Å². The number of halogens is 3. The van der Waals surface area contributed by atoms with Gasteiger partial charge in [0.15, 0.2) is 17.5 Å². The van der Waals surface area contributed by atoms with Crippen molar-refractivity contribution in [1.29, 1.82) is 5.26 Å². The third-order valence-electron chi connectivity index (χ3n) is 5.70. The van der Waals surface area contributed by atoms with Crippen LogP contribution < -0.4 is 10.4 Å². The SMILES string of the molecule is CCOc1nn(Cc2cc(C(F)(F)F)ccc2C(=O)C(C#N)C(=O)C2CC2)c(=O)n1C1CC1. The second-order valence-corrected chi connectivity index (χ2v) is 8.23. The highest BCUT2D eigenvalue weighted by Crippen LogP contribution is 2.37. The van der Waals surface area contributed by atoms with E-state index in [9.17, 15) is 32.8 Å². The van der Waals surface area contributed by atoms with E-state index >= 15 is 0 Å². The summed E-state index contributed by atoms with van der Waals surface area (Å²) in [6.07, 6.45) is -2.02. The van der Waals surface area contributed by atoms with Gasteiger partial charge in [0, 0.05) is 17.5 Å². The Morgan fingerprint density at radius 1 is 1.27 bits per heavy atom. The Balaban J connectivity index is 1.76. The van der Waals surface area contributed by atoms with Crippen LogP contribution in [0.5, 0.6) is 6.01 Å². The van der Waals surface area contributed by atoms with Gasteiger partial charge in [0.25, 0.3) is 0 Å². The highest BCUT2D eigenvalue weighted by Gasteiger charge is 2.40. The normalized spacial score (nSPS) is 16.8. The topological polar surface area (TPSA) is 107 Å². The second-order valence-electron chi connectivity index (χ2n) is 8.23. The summed E-state index contributed by atoms with van der Waals surface area (Å²) in [5.41, 5.74) is -1.95. The number of hydrogen-bond acceptors (Lipinski definition) is 6. The molecule has 1 atom stereocenters. The summed E-state index contributed by atoms with van der Waals surface area (Å²) in [6, 6.07) is 4.10. The molecule has 1 aromatic carbocycles. The van der Waals surface area contributed by atoms with Crippen LogP contribution in [-0.2, 0) is 17.5 Å². The van der Waals surface area contributed by atoms with Crippen LogP contribution in [0.2, 0.25) is 0 Å². The van der Waals surface area contributed by atoms with Crippen molar-refractivity contribution in [3.63, 3.8) is 0 Å². The standard InChI is InChI=1S/C22H21F3N4O4/c1-2-33-20-27-28(21(32)29(20)15-6-7-15)11-13-9-14(22(23,24)25)5-8-16(13)19(31)17(10-26)18(30)12-3-4-12/h5,8-9,12,15,17H,2-4,6-7,11H2,1H3. The van der Waals surface area contributed by atoms with E-state index in [0.29, 0.717) is 12.8 Å². The lowest BCUT2D eigenvalue weighted by atomic mass is 9.89. The van der Waals surface area contributed by atoms with Crippen LogP contribution in [0, 0.1) is 23.2 Å². The zero-order valence-corrected chi connectivity index (χ0v) is 17.8. The molecular formula is C22H21F3N4O4. The van der Waals surface area contributed by atoms with E-state index in [1.165, 1.54) is 4.57 Å². The molecule has 1 unspecified atom stereocenters. The van der Waals surface area contributed by atoms with Gasteiger partial charge >= 0.3 is 17.9 Å². The Hall–Kier alpha value is -3.42. The summed E-state index contributed by atoms with van der Waals surface area (Å²) in [5.74, 6) is -3.38. The van der Waals surface area contributed by atoms with E-state index in [4.69, 9.17) is 4.74 Å². The predicted molar refractivity (Wildman–Crippen MR) is 108 cm³/mol. The third-order valence-corrected chi connectivity index (χ3v) is 5.70. The first-order chi connectivity index (χ1) is 15.7. The molecule has 0 bridgehead atoms. The summed E-state index contributed by atoms with van der Waals surface area (Å²) in [4.78, 5) is 38.3. The van der Waals surface area contributed by atoms with Gasteiger partial charge in [-0.25, -0.2) is 14.0 Å². The number of Topliss-reactive ketones (excluding diaryl/α,β-unsaturated/α-hetero) is 2. The molecule has 4 rings (SSSR count). The number of aromatic nitrogens is 3. The van der Waals surface area contributed by atoms with Gasteiger partial charge in [-0.15, -0.1) is 5.10 Å². The predicted octanol–water partition coefficient (Wildman–Crippen LogP) is 3.15. The van der Waals surface area contributed by atoms with E-state index in [2.05, 4.69) is 5.10 Å². The van der Waals surface area contributed by atoms with E-state index < -0.39 is 41.5 Å². The Bertz CT molecular complexity index is 1200. The molecule has 2 saturated carbocycles. The smallest absolute Gasteiger partial charge is 0.416 e. The molecule has 0 amide bonds. The largest absolute Gasteiger partial charge is 0.464 e. The fraction of sp³-hybridized carbons (Fsp3) is 0.500. The molecule has 2 aliphatic carbocycles. The molecule has 2 aliphatic rings. The monoisotopic (exact) mass is 462 g/mol. The van der Waals surface area contributed by atoms with Crippen molar-refractivity contribution in [3.05, 3.63) is 45.4 Å². The number of nitrogens with zero attached hydrogens (tertiary/aromatic N) is 4. The van der Waals surface area contributed by atoms with Gasteiger partial charge in [0.1, 0.15) is 0 Å². The Morgan fingerprint density at radius 3 is 2.52 bits per heavy atom. The first-order valence-corrected chi connectivity index (χ1v) is 10.7. The van der Waals surface area contributed by atoms with Crippen molar-refractivity contribution in [2.45, 2.75) is 51.4 Å². The minimum absolute atomic E-state index is 0.0589. The van der Waals surface area contributed by atoms with Gasteiger partial charge in [-0.3, -0.25) is 9.59 Å². The molecule has 11 heteroatoms. The second kappa shape index (κ2) is 8.50. The minimum Gasteiger partial charge on any atom is -0.464 e. The van der Waals surface area contributed by atoms with E-state index in [1.807, 2.05) is 0 Å². The maximum atomic E-state index is 13.4. The maximum absolute atomic E-state index is 13.4. The van der Waals surface area contributed by atoms with Gasteiger partial charge in [-0.1, -0.05) is 6.07 Å². The first kappa shape index (κ1) is 22.8. The van der Waals surface area contributed by atoms with E-state index in [1.54, 1.807) is 13.0 Å². The number of alkyl halides is 3. The highest BCUT2D eigenvalue weighted by atomic mass is 19.4. The third kappa shape index (κ3) is 4.55. The fourth-order valence-electron chi connectivity index (χ4n) is 3.69. The van der Waals surface area contributed by atoms with Crippen molar-refractivity contribution in [2.24, 2.45) is 11.8 Å². The Morgan fingerprint density at radius 2 is 1.97 bits per heavy atom. The summed E-state index contributed by atoms with van der Waals surface area (Å²) >= 11 is 0. The van der Waals surface area contributed by atoms with Crippen LogP contribution in [0.25, 0.3) is 0 Å². The zero-order chi connectivity index (χ0) is 23.9. The van der Waals surface area contributed by atoms with Crippen LogP contribution in [0.1, 0.15) is 60.1 Å². The van der Waals surface area contributed by atoms with Crippen molar-refractivity contribution in [2.75, 3.05) is 6.61 Å². The Labute approximate surface area is 186 Å². The molecule has 0 N–H and O–H groups in total. The van der Waals surface area contributed by atoms with Crippen molar-refractivity contribution < 1.29 is 27.5 Å².